The predicted molar refractivity (Wildman–Crippen MR) is 81.2 cm³/mol. The van der Waals surface area contributed by atoms with Gasteiger partial charge in [-0.05, 0) is 31.0 Å². The number of hydrogen-bond donors (Lipinski definition) is 2. The molecule has 2 rings (SSSR count). The maximum atomic E-state index is 12.4. The van der Waals surface area contributed by atoms with E-state index in [9.17, 15) is 8.42 Å². The number of oxime groups is 1. The standard InChI is InChI=1S/C14H21N3O3S/c1-11-5-6-17(10-11)7-8-21(19,20)13-4-2-3-12(9-13)14(15)16-18/h2-4,9,11,18H,5-8,10H2,1H3,(H2,15,16). The normalized spacial score (nSPS) is 20.8. The van der Waals surface area contributed by atoms with E-state index >= 15 is 0 Å². The third-order valence-electron chi connectivity index (χ3n) is 3.78. The molecule has 1 fully saturated rings. The molecule has 6 nitrogen and oxygen atoms in total. The first-order valence-electron chi connectivity index (χ1n) is 6.95. The molecule has 0 radical (unpaired) electrons. The molecule has 0 aromatic heterocycles. The molecule has 1 atom stereocenters. The van der Waals surface area contributed by atoms with Crippen molar-refractivity contribution in [2.45, 2.75) is 18.2 Å². The highest BCUT2D eigenvalue weighted by Crippen LogP contribution is 2.17. The van der Waals surface area contributed by atoms with Crippen LogP contribution in [0.25, 0.3) is 0 Å². The van der Waals surface area contributed by atoms with Crippen LogP contribution in [0.1, 0.15) is 18.9 Å². The monoisotopic (exact) mass is 311 g/mol. The minimum absolute atomic E-state index is 0.0827. The van der Waals surface area contributed by atoms with Crippen LogP contribution in [-0.4, -0.2) is 49.7 Å². The molecule has 1 saturated heterocycles. The van der Waals surface area contributed by atoms with E-state index in [1.807, 2.05) is 0 Å². The van der Waals surface area contributed by atoms with Gasteiger partial charge in [0, 0.05) is 18.7 Å². The molecular formula is C14H21N3O3S. The second-order valence-electron chi connectivity index (χ2n) is 5.53. The van der Waals surface area contributed by atoms with Gasteiger partial charge in [0.25, 0.3) is 0 Å². The van der Waals surface area contributed by atoms with Gasteiger partial charge < -0.3 is 15.8 Å². The lowest BCUT2D eigenvalue weighted by Crippen LogP contribution is -2.27. The summed E-state index contributed by atoms with van der Waals surface area (Å²) in [7, 11) is -3.36. The number of likely N-dealkylation sites (tertiary alicyclic amines) is 1. The van der Waals surface area contributed by atoms with Crippen LogP contribution in [0.5, 0.6) is 0 Å². The Bertz CT molecular complexity index is 628. The fraction of sp³-hybridized carbons (Fsp3) is 0.500. The Morgan fingerprint density at radius 3 is 2.90 bits per heavy atom. The molecule has 7 heteroatoms. The van der Waals surface area contributed by atoms with E-state index in [-0.39, 0.29) is 16.5 Å². The molecule has 0 saturated carbocycles. The molecule has 1 aliphatic heterocycles. The van der Waals surface area contributed by atoms with Crippen molar-refractivity contribution in [2.24, 2.45) is 16.8 Å². The highest BCUT2D eigenvalue weighted by molar-refractivity contribution is 7.91. The second-order valence-corrected chi connectivity index (χ2v) is 7.64. The van der Waals surface area contributed by atoms with E-state index in [4.69, 9.17) is 10.9 Å². The Balaban J connectivity index is 2.09. The summed E-state index contributed by atoms with van der Waals surface area (Å²) in [6, 6.07) is 6.18. The summed E-state index contributed by atoms with van der Waals surface area (Å²) >= 11 is 0. The second kappa shape index (κ2) is 6.44. The minimum atomic E-state index is -3.36. The van der Waals surface area contributed by atoms with Gasteiger partial charge in [0.05, 0.1) is 10.6 Å². The maximum Gasteiger partial charge on any atom is 0.179 e. The smallest absolute Gasteiger partial charge is 0.179 e. The number of sulfone groups is 1. The summed E-state index contributed by atoms with van der Waals surface area (Å²) in [4.78, 5) is 2.38. The lowest BCUT2D eigenvalue weighted by atomic mass is 10.2. The zero-order chi connectivity index (χ0) is 15.5. The van der Waals surface area contributed by atoms with Crippen LogP contribution in [0.2, 0.25) is 0 Å². The molecular weight excluding hydrogens is 290 g/mol. The predicted octanol–water partition coefficient (Wildman–Crippen LogP) is 0.897. The van der Waals surface area contributed by atoms with Gasteiger partial charge in [0.1, 0.15) is 0 Å². The first-order chi connectivity index (χ1) is 9.92. The Morgan fingerprint density at radius 1 is 1.52 bits per heavy atom. The molecule has 0 spiro atoms. The van der Waals surface area contributed by atoms with Crippen LogP contribution in [0.4, 0.5) is 0 Å². The molecule has 21 heavy (non-hydrogen) atoms. The van der Waals surface area contributed by atoms with Crippen molar-refractivity contribution in [3.05, 3.63) is 29.8 Å². The Hall–Kier alpha value is -1.60. The van der Waals surface area contributed by atoms with Gasteiger partial charge in [-0.2, -0.15) is 0 Å². The van der Waals surface area contributed by atoms with Crippen molar-refractivity contribution in [2.75, 3.05) is 25.4 Å². The van der Waals surface area contributed by atoms with Crippen molar-refractivity contribution >= 4 is 15.7 Å². The fourth-order valence-corrected chi connectivity index (χ4v) is 3.83. The summed E-state index contributed by atoms with van der Waals surface area (Å²) < 4.78 is 24.7. The molecule has 1 heterocycles. The van der Waals surface area contributed by atoms with E-state index in [0.717, 1.165) is 19.5 Å². The summed E-state index contributed by atoms with van der Waals surface area (Å²) in [5.74, 6) is 0.622. The van der Waals surface area contributed by atoms with Crippen LogP contribution < -0.4 is 5.73 Å². The summed E-state index contributed by atoms with van der Waals surface area (Å²) in [6.45, 7) is 4.63. The first kappa shape index (κ1) is 15.8. The third-order valence-corrected chi connectivity index (χ3v) is 5.47. The van der Waals surface area contributed by atoms with Gasteiger partial charge in [0.2, 0.25) is 0 Å². The van der Waals surface area contributed by atoms with Crippen molar-refractivity contribution < 1.29 is 13.6 Å². The number of benzene rings is 1. The highest BCUT2D eigenvalue weighted by Gasteiger charge is 2.22. The number of nitrogens with two attached hydrogens (primary N) is 1. The van der Waals surface area contributed by atoms with Gasteiger partial charge in [-0.15, -0.1) is 0 Å². The number of nitrogens with zero attached hydrogens (tertiary/aromatic N) is 2. The molecule has 0 bridgehead atoms. The lowest BCUT2D eigenvalue weighted by Gasteiger charge is -2.15. The largest absolute Gasteiger partial charge is 0.409 e. The van der Waals surface area contributed by atoms with Gasteiger partial charge in [-0.1, -0.05) is 24.2 Å². The molecule has 1 aromatic rings. The average Bonchev–Trinajstić information content (AvgIpc) is 2.90. The zero-order valence-electron chi connectivity index (χ0n) is 12.1. The van der Waals surface area contributed by atoms with Crippen LogP contribution in [-0.2, 0) is 9.84 Å². The van der Waals surface area contributed by atoms with Crippen molar-refractivity contribution in [1.82, 2.24) is 4.90 Å². The van der Waals surface area contributed by atoms with Gasteiger partial charge in [0.15, 0.2) is 15.7 Å². The molecule has 3 N–H and O–H groups in total. The van der Waals surface area contributed by atoms with E-state index < -0.39 is 9.84 Å². The third kappa shape index (κ3) is 3.95. The van der Waals surface area contributed by atoms with E-state index in [1.165, 1.54) is 12.1 Å². The minimum Gasteiger partial charge on any atom is -0.409 e. The average molecular weight is 311 g/mol. The quantitative estimate of drug-likeness (QED) is 0.364. The van der Waals surface area contributed by atoms with Gasteiger partial charge >= 0.3 is 0 Å². The van der Waals surface area contributed by atoms with Gasteiger partial charge in [-0.3, -0.25) is 0 Å². The molecule has 0 aliphatic carbocycles. The number of hydrogen-bond acceptors (Lipinski definition) is 5. The summed E-state index contributed by atoms with van der Waals surface area (Å²) in [6.07, 6.45) is 1.12. The van der Waals surface area contributed by atoms with E-state index in [2.05, 4.69) is 17.0 Å². The Morgan fingerprint density at radius 2 is 2.29 bits per heavy atom. The molecule has 0 amide bonds. The number of rotatable bonds is 5. The van der Waals surface area contributed by atoms with Crippen LogP contribution >= 0.6 is 0 Å². The van der Waals surface area contributed by atoms with Crippen molar-refractivity contribution in [1.29, 1.82) is 0 Å². The lowest BCUT2D eigenvalue weighted by molar-refractivity contribution is 0.318. The number of amidine groups is 1. The SMILES string of the molecule is CC1CCN(CCS(=O)(=O)c2cccc(/C(N)=N/O)c2)C1. The Kier molecular flexibility index (Phi) is 4.84. The van der Waals surface area contributed by atoms with E-state index in [1.54, 1.807) is 12.1 Å². The zero-order valence-corrected chi connectivity index (χ0v) is 12.9. The van der Waals surface area contributed by atoms with Crippen molar-refractivity contribution in [3.8, 4) is 0 Å². The topological polar surface area (TPSA) is 96.0 Å². The van der Waals surface area contributed by atoms with Crippen LogP contribution in [0.15, 0.2) is 34.3 Å². The van der Waals surface area contributed by atoms with Crippen LogP contribution in [0.3, 0.4) is 0 Å². The van der Waals surface area contributed by atoms with E-state index in [0.29, 0.717) is 18.0 Å². The first-order valence-corrected chi connectivity index (χ1v) is 8.60. The molecule has 1 aliphatic rings. The molecule has 1 unspecified atom stereocenters. The maximum absolute atomic E-state index is 12.4. The Labute approximate surface area is 125 Å². The molecule has 1 aromatic carbocycles. The van der Waals surface area contributed by atoms with Crippen LogP contribution in [0, 0.1) is 5.92 Å². The summed E-state index contributed by atoms with van der Waals surface area (Å²) in [5.41, 5.74) is 5.89. The van der Waals surface area contributed by atoms with Gasteiger partial charge in [-0.25, -0.2) is 8.42 Å². The molecule has 116 valence electrons. The highest BCUT2D eigenvalue weighted by atomic mass is 32.2. The van der Waals surface area contributed by atoms with Crippen molar-refractivity contribution in [3.63, 3.8) is 0 Å². The summed E-state index contributed by atoms with van der Waals surface area (Å²) in [5, 5.41) is 11.6. The fourth-order valence-electron chi connectivity index (χ4n) is 2.50.